The standard InChI is InChI=1S/C56H35NOS/c1-2-12-37(13-3-1)44-19-10-21-49-51-34-39(28-33-53(51)58-55(44)49)36-24-29-41(30-25-36)57(52-35-40-14-4-5-15-43(40)46-16-6-7-17-47(46)52)42-31-26-38(27-32-42)45-20-11-22-50-48-18-8-9-23-54(48)59-56(45)50/h1-35H. The van der Waals surface area contributed by atoms with Gasteiger partial charge in [-0.1, -0.05) is 164 Å². The quantitative estimate of drug-likeness (QED) is 0.157. The molecule has 0 spiro atoms. The average molecular weight is 770 g/mol. The Morgan fingerprint density at radius 3 is 1.75 bits per heavy atom. The van der Waals surface area contributed by atoms with Gasteiger partial charge in [-0.25, -0.2) is 0 Å². The van der Waals surface area contributed by atoms with Gasteiger partial charge in [-0.15, -0.1) is 11.3 Å². The molecule has 2 aromatic heterocycles. The van der Waals surface area contributed by atoms with Crippen molar-refractivity contribution in [1.29, 1.82) is 0 Å². The van der Waals surface area contributed by atoms with Gasteiger partial charge < -0.3 is 9.32 Å². The number of furan rings is 1. The van der Waals surface area contributed by atoms with Crippen LogP contribution in [-0.2, 0) is 0 Å². The van der Waals surface area contributed by atoms with Gasteiger partial charge in [0.25, 0.3) is 0 Å². The minimum Gasteiger partial charge on any atom is -0.455 e. The first kappa shape index (κ1) is 33.7. The monoisotopic (exact) mass is 769 g/mol. The van der Waals surface area contributed by atoms with E-state index >= 15 is 0 Å². The van der Waals surface area contributed by atoms with E-state index in [1.807, 2.05) is 17.4 Å². The number of fused-ring (bicyclic) bond motifs is 9. The first-order chi connectivity index (χ1) is 29.2. The van der Waals surface area contributed by atoms with Crippen LogP contribution in [0.5, 0.6) is 0 Å². The number of rotatable bonds is 6. The van der Waals surface area contributed by atoms with Crippen LogP contribution in [0.4, 0.5) is 17.1 Å². The minimum absolute atomic E-state index is 0.894. The SMILES string of the molecule is c1ccc(-c2cccc3c2oc2ccc(-c4ccc(N(c5ccc(-c6cccc7c6sc6ccccc67)cc5)c5cc6ccccc6c6ccccc56)cc4)cc23)cc1. The summed E-state index contributed by atoms with van der Waals surface area (Å²) in [4.78, 5) is 2.42. The van der Waals surface area contributed by atoms with E-state index in [0.717, 1.165) is 61.3 Å². The highest BCUT2D eigenvalue weighted by Crippen LogP contribution is 2.45. The molecule has 0 unspecified atom stereocenters. The van der Waals surface area contributed by atoms with Crippen LogP contribution in [0.1, 0.15) is 0 Å². The van der Waals surface area contributed by atoms with Crippen LogP contribution in [-0.4, -0.2) is 0 Å². The molecule has 0 aliphatic heterocycles. The summed E-state index contributed by atoms with van der Waals surface area (Å²) >= 11 is 1.87. The minimum atomic E-state index is 0.894. The van der Waals surface area contributed by atoms with Crippen molar-refractivity contribution in [2.45, 2.75) is 0 Å². The van der Waals surface area contributed by atoms with Gasteiger partial charge >= 0.3 is 0 Å². The van der Waals surface area contributed by atoms with Crippen LogP contribution in [0.3, 0.4) is 0 Å². The van der Waals surface area contributed by atoms with Gasteiger partial charge in [0.15, 0.2) is 0 Å². The van der Waals surface area contributed by atoms with E-state index in [4.69, 9.17) is 4.42 Å². The molecule has 12 rings (SSSR count). The zero-order chi connectivity index (χ0) is 38.9. The second-order valence-electron chi connectivity index (χ2n) is 15.2. The number of anilines is 3. The summed E-state index contributed by atoms with van der Waals surface area (Å²) in [6.45, 7) is 0. The van der Waals surface area contributed by atoms with E-state index in [9.17, 15) is 0 Å². The van der Waals surface area contributed by atoms with Gasteiger partial charge in [0.1, 0.15) is 11.2 Å². The molecule has 0 bridgehead atoms. The Labute approximate surface area is 345 Å². The summed E-state index contributed by atoms with van der Waals surface area (Å²) < 4.78 is 9.15. The highest BCUT2D eigenvalue weighted by atomic mass is 32.1. The molecule has 0 saturated heterocycles. The van der Waals surface area contributed by atoms with Gasteiger partial charge in [-0.05, 0) is 92.5 Å². The van der Waals surface area contributed by atoms with Gasteiger partial charge in [0.05, 0.1) is 5.69 Å². The van der Waals surface area contributed by atoms with Crippen LogP contribution in [0.2, 0.25) is 0 Å². The summed E-state index contributed by atoms with van der Waals surface area (Å²) in [7, 11) is 0. The Hall–Kier alpha value is -7.46. The third kappa shape index (κ3) is 5.55. The lowest BCUT2D eigenvalue weighted by molar-refractivity contribution is 0.670. The van der Waals surface area contributed by atoms with Crippen LogP contribution in [0.15, 0.2) is 217 Å². The van der Waals surface area contributed by atoms with Crippen LogP contribution >= 0.6 is 11.3 Å². The zero-order valence-electron chi connectivity index (χ0n) is 32.0. The van der Waals surface area contributed by atoms with Crippen molar-refractivity contribution < 1.29 is 4.42 Å². The summed E-state index contributed by atoms with van der Waals surface area (Å²) in [5.41, 5.74) is 12.2. The van der Waals surface area contributed by atoms with Crippen molar-refractivity contribution in [3.8, 4) is 33.4 Å². The number of benzene rings is 10. The number of nitrogens with zero attached hydrogens (tertiary/aromatic N) is 1. The van der Waals surface area contributed by atoms with Crippen LogP contribution in [0.25, 0.3) is 97.0 Å². The summed E-state index contributed by atoms with van der Waals surface area (Å²) in [5.74, 6) is 0. The molecule has 0 aliphatic carbocycles. The maximum absolute atomic E-state index is 6.51. The number of thiophene rings is 1. The molecule has 0 saturated carbocycles. The third-order valence-electron chi connectivity index (χ3n) is 11.9. The lowest BCUT2D eigenvalue weighted by Crippen LogP contribution is -2.10. The molecule has 2 heterocycles. The average Bonchev–Trinajstić information content (AvgIpc) is 3.88. The number of para-hydroxylation sites is 1. The first-order valence-electron chi connectivity index (χ1n) is 20.1. The Morgan fingerprint density at radius 1 is 0.356 bits per heavy atom. The summed E-state index contributed by atoms with van der Waals surface area (Å²) in [6.07, 6.45) is 0. The smallest absolute Gasteiger partial charge is 0.143 e. The normalized spacial score (nSPS) is 11.7. The Morgan fingerprint density at radius 2 is 0.949 bits per heavy atom. The molecule has 10 aromatic carbocycles. The predicted octanol–water partition coefficient (Wildman–Crippen LogP) is 16.7. The summed E-state index contributed by atoms with van der Waals surface area (Å²) in [5, 5.41) is 9.80. The summed E-state index contributed by atoms with van der Waals surface area (Å²) in [6, 6.07) is 76.9. The number of hydrogen-bond donors (Lipinski definition) is 0. The lowest BCUT2D eigenvalue weighted by Gasteiger charge is -2.28. The molecule has 2 nitrogen and oxygen atoms in total. The molecular formula is C56H35NOS. The molecule has 59 heavy (non-hydrogen) atoms. The van der Waals surface area contributed by atoms with E-state index in [-0.39, 0.29) is 0 Å². The van der Waals surface area contributed by atoms with E-state index in [1.54, 1.807) is 0 Å². The first-order valence-corrected chi connectivity index (χ1v) is 20.9. The van der Waals surface area contributed by atoms with Crippen molar-refractivity contribution >= 4 is 92.1 Å². The van der Waals surface area contributed by atoms with Crippen molar-refractivity contribution in [3.05, 3.63) is 212 Å². The lowest BCUT2D eigenvalue weighted by atomic mass is 9.98. The van der Waals surface area contributed by atoms with Crippen molar-refractivity contribution in [3.63, 3.8) is 0 Å². The third-order valence-corrected chi connectivity index (χ3v) is 13.1. The molecule has 0 radical (unpaired) electrons. The fourth-order valence-electron chi connectivity index (χ4n) is 9.04. The van der Waals surface area contributed by atoms with E-state index in [0.29, 0.717) is 0 Å². The topological polar surface area (TPSA) is 16.4 Å². The molecule has 0 N–H and O–H groups in total. The van der Waals surface area contributed by atoms with E-state index in [1.165, 1.54) is 52.8 Å². The zero-order valence-corrected chi connectivity index (χ0v) is 32.8. The molecule has 0 amide bonds. The Balaban J connectivity index is 0.979. The molecule has 0 aliphatic rings. The highest BCUT2D eigenvalue weighted by molar-refractivity contribution is 7.26. The number of hydrogen-bond acceptors (Lipinski definition) is 3. The predicted molar refractivity (Wildman–Crippen MR) is 253 cm³/mol. The van der Waals surface area contributed by atoms with E-state index in [2.05, 4.69) is 211 Å². The van der Waals surface area contributed by atoms with E-state index < -0.39 is 0 Å². The molecule has 0 atom stereocenters. The molecule has 276 valence electrons. The van der Waals surface area contributed by atoms with Gasteiger partial charge in [0.2, 0.25) is 0 Å². The van der Waals surface area contributed by atoms with Crippen LogP contribution in [0, 0.1) is 0 Å². The highest BCUT2D eigenvalue weighted by Gasteiger charge is 2.19. The molecule has 0 fully saturated rings. The van der Waals surface area contributed by atoms with Gasteiger partial charge in [-0.2, -0.15) is 0 Å². The van der Waals surface area contributed by atoms with Gasteiger partial charge in [0, 0.05) is 53.3 Å². The fraction of sp³-hybridized carbons (Fsp3) is 0. The Kier molecular flexibility index (Phi) is 7.75. The maximum Gasteiger partial charge on any atom is 0.143 e. The largest absolute Gasteiger partial charge is 0.455 e. The maximum atomic E-state index is 6.51. The molecule has 3 heteroatoms. The van der Waals surface area contributed by atoms with Crippen LogP contribution < -0.4 is 4.90 Å². The van der Waals surface area contributed by atoms with Gasteiger partial charge in [-0.3, -0.25) is 0 Å². The fourth-order valence-corrected chi connectivity index (χ4v) is 10.3. The second kappa shape index (κ2) is 13.6. The Bertz CT molecular complexity index is 3540. The molecular weight excluding hydrogens is 735 g/mol. The van der Waals surface area contributed by atoms with Crippen molar-refractivity contribution in [2.24, 2.45) is 0 Å². The molecule has 12 aromatic rings. The second-order valence-corrected chi connectivity index (χ2v) is 16.3. The van der Waals surface area contributed by atoms with Crippen molar-refractivity contribution in [1.82, 2.24) is 0 Å². The van der Waals surface area contributed by atoms with Crippen molar-refractivity contribution in [2.75, 3.05) is 4.90 Å².